The third-order valence-electron chi connectivity index (χ3n) is 1.55. The molecular weight excluding hydrogens is 184 g/mol. The summed E-state index contributed by atoms with van der Waals surface area (Å²) >= 11 is 0. The van der Waals surface area contributed by atoms with Gasteiger partial charge in [0.25, 0.3) is 0 Å². The van der Waals surface area contributed by atoms with Gasteiger partial charge in [-0.1, -0.05) is 18.7 Å². The Morgan fingerprint density at radius 3 is 2.71 bits per heavy atom. The van der Waals surface area contributed by atoms with Crippen LogP contribution in [0.1, 0.15) is 10.4 Å². The molecule has 4 heteroatoms. The maximum Gasteiger partial charge on any atom is 0.344 e. The Balaban J connectivity index is 2.80. The van der Waals surface area contributed by atoms with Crippen LogP contribution in [-0.2, 0) is 4.74 Å². The van der Waals surface area contributed by atoms with Gasteiger partial charge in [0.2, 0.25) is 6.29 Å². The largest absolute Gasteiger partial charge is 0.507 e. The third-order valence-corrected chi connectivity index (χ3v) is 1.55. The number of benzene rings is 1. The van der Waals surface area contributed by atoms with Gasteiger partial charge in [0.15, 0.2) is 0 Å². The van der Waals surface area contributed by atoms with Gasteiger partial charge in [0, 0.05) is 0 Å². The van der Waals surface area contributed by atoms with Gasteiger partial charge in [0.1, 0.15) is 11.3 Å². The zero-order valence-electron chi connectivity index (χ0n) is 7.38. The number of hydrogen-bond acceptors (Lipinski definition) is 4. The molecule has 0 spiro atoms. The predicted molar refractivity (Wildman–Crippen MR) is 49.7 cm³/mol. The second-order valence-electron chi connectivity index (χ2n) is 2.55. The zero-order chi connectivity index (χ0) is 10.6. The van der Waals surface area contributed by atoms with Crippen molar-refractivity contribution in [2.45, 2.75) is 6.29 Å². The second-order valence-corrected chi connectivity index (χ2v) is 2.55. The summed E-state index contributed by atoms with van der Waals surface area (Å²) in [5.41, 5.74) is 0.00778. The molecule has 1 aromatic carbocycles. The molecule has 0 saturated heterocycles. The molecule has 1 unspecified atom stereocenters. The van der Waals surface area contributed by atoms with E-state index in [1.165, 1.54) is 12.1 Å². The lowest BCUT2D eigenvalue weighted by atomic mass is 10.2. The summed E-state index contributed by atoms with van der Waals surface area (Å²) in [6.07, 6.45) is -0.292. The van der Waals surface area contributed by atoms with Gasteiger partial charge in [-0.3, -0.25) is 0 Å². The Labute approximate surface area is 81.1 Å². The Bertz CT molecular complexity index is 346. The van der Waals surface area contributed by atoms with E-state index in [-0.39, 0.29) is 11.3 Å². The maximum atomic E-state index is 11.2. The number of aromatic hydroxyl groups is 1. The quantitative estimate of drug-likeness (QED) is 0.429. The molecule has 0 fully saturated rings. The molecule has 0 saturated carbocycles. The average Bonchev–Trinajstić information content (AvgIpc) is 2.18. The highest BCUT2D eigenvalue weighted by molar-refractivity contribution is 5.92. The van der Waals surface area contributed by atoms with Crippen LogP contribution in [0.15, 0.2) is 36.9 Å². The molecule has 0 amide bonds. The highest BCUT2D eigenvalue weighted by Gasteiger charge is 2.13. The van der Waals surface area contributed by atoms with Crippen LogP contribution in [0, 0.1) is 0 Å². The highest BCUT2D eigenvalue weighted by Crippen LogP contribution is 2.16. The predicted octanol–water partition coefficient (Wildman–Crippen LogP) is 1.05. The summed E-state index contributed by atoms with van der Waals surface area (Å²) in [6.45, 7) is 3.24. The fourth-order valence-electron chi connectivity index (χ4n) is 0.868. The lowest BCUT2D eigenvalue weighted by Gasteiger charge is -2.08. The number of phenols is 1. The van der Waals surface area contributed by atoms with Crippen molar-refractivity contribution in [3.8, 4) is 5.75 Å². The van der Waals surface area contributed by atoms with E-state index in [1.807, 2.05) is 0 Å². The molecule has 0 radical (unpaired) electrons. The summed E-state index contributed by atoms with van der Waals surface area (Å²) in [5, 5.41) is 18.2. The van der Waals surface area contributed by atoms with Crippen LogP contribution in [-0.4, -0.2) is 22.5 Å². The Morgan fingerprint density at radius 1 is 1.50 bits per heavy atom. The van der Waals surface area contributed by atoms with Crippen molar-refractivity contribution in [3.63, 3.8) is 0 Å². The van der Waals surface area contributed by atoms with Gasteiger partial charge in [0.05, 0.1) is 0 Å². The van der Waals surface area contributed by atoms with Crippen molar-refractivity contribution < 1.29 is 19.7 Å². The molecule has 0 aliphatic rings. The minimum Gasteiger partial charge on any atom is -0.507 e. The first-order valence-electron chi connectivity index (χ1n) is 3.94. The van der Waals surface area contributed by atoms with Crippen molar-refractivity contribution in [1.29, 1.82) is 0 Å². The number of esters is 1. The number of aliphatic hydroxyl groups excluding tert-OH is 1. The first-order chi connectivity index (χ1) is 6.65. The lowest BCUT2D eigenvalue weighted by molar-refractivity contribution is -0.0352. The van der Waals surface area contributed by atoms with E-state index in [1.54, 1.807) is 12.1 Å². The second kappa shape index (κ2) is 4.43. The van der Waals surface area contributed by atoms with E-state index in [0.717, 1.165) is 6.08 Å². The van der Waals surface area contributed by atoms with Crippen LogP contribution in [0.4, 0.5) is 0 Å². The van der Waals surface area contributed by atoms with Gasteiger partial charge in [-0.25, -0.2) is 4.79 Å². The zero-order valence-corrected chi connectivity index (χ0v) is 7.38. The van der Waals surface area contributed by atoms with Gasteiger partial charge in [-0.2, -0.15) is 0 Å². The molecule has 0 aliphatic carbocycles. The van der Waals surface area contributed by atoms with Crippen molar-refractivity contribution in [3.05, 3.63) is 42.5 Å². The molecule has 14 heavy (non-hydrogen) atoms. The third kappa shape index (κ3) is 2.34. The van der Waals surface area contributed by atoms with Crippen LogP contribution in [0.25, 0.3) is 0 Å². The van der Waals surface area contributed by atoms with E-state index in [4.69, 9.17) is 5.11 Å². The summed E-state index contributed by atoms with van der Waals surface area (Å²) in [7, 11) is 0. The van der Waals surface area contributed by atoms with Crippen molar-refractivity contribution >= 4 is 5.97 Å². The summed E-state index contributed by atoms with van der Waals surface area (Å²) in [4.78, 5) is 11.2. The molecule has 1 rings (SSSR count). The lowest BCUT2D eigenvalue weighted by Crippen LogP contribution is -2.15. The average molecular weight is 194 g/mol. The number of hydrogen-bond donors (Lipinski definition) is 2. The minimum atomic E-state index is -1.36. The van der Waals surface area contributed by atoms with Crippen LogP contribution in [0.3, 0.4) is 0 Å². The number of carbonyl (C=O) groups is 1. The number of ether oxygens (including phenoxy) is 1. The summed E-state index contributed by atoms with van der Waals surface area (Å²) in [5.74, 6) is -0.982. The fourth-order valence-corrected chi connectivity index (χ4v) is 0.868. The van der Waals surface area contributed by atoms with Gasteiger partial charge >= 0.3 is 5.97 Å². The van der Waals surface area contributed by atoms with Crippen molar-refractivity contribution in [1.82, 2.24) is 0 Å². The Morgan fingerprint density at radius 2 is 2.14 bits per heavy atom. The summed E-state index contributed by atoms with van der Waals surface area (Å²) < 4.78 is 4.50. The molecule has 0 aromatic heterocycles. The molecule has 0 bridgehead atoms. The van der Waals surface area contributed by atoms with E-state index in [2.05, 4.69) is 11.3 Å². The monoisotopic (exact) mass is 194 g/mol. The number of rotatable bonds is 3. The minimum absolute atomic E-state index is 0.00778. The number of aliphatic hydroxyl groups is 1. The Kier molecular flexibility index (Phi) is 3.25. The van der Waals surface area contributed by atoms with Gasteiger partial charge in [-0.15, -0.1) is 0 Å². The molecule has 0 aliphatic heterocycles. The SMILES string of the molecule is C=CC(O)OC(=O)c1ccccc1O. The van der Waals surface area contributed by atoms with E-state index >= 15 is 0 Å². The fraction of sp³-hybridized carbons (Fsp3) is 0.100. The van der Waals surface area contributed by atoms with Crippen LogP contribution < -0.4 is 0 Å². The van der Waals surface area contributed by atoms with Gasteiger partial charge in [-0.05, 0) is 18.2 Å². The topological polar surface area (TPSA) is 66.8 Å². The standard InChI is InChI=1S/C10H10O4/c1-2-9(12)14-10(13)7-5-3-4-6-8(7)11/h2-6,9,11-12H,1H2. The first kappa shape index (κ1) is 10.3. The highest BCUT2D eigenvalue weighted by atomic mass is 16.6. The van der Waals surface area contributed by atoms with E-state index in [0.29, 0.717) is 0 Å². The summed E-state index contributed by atoms with van der Waals surface area (Å²) in [6, 6.07) is 5.91. The molecule has 1 atom stereocenters. The number of phenolic OH excluding ortho intramolecular Hbond substituents is 1. The number of para-hydroxylation sites is 1. The van der Waals surface area contributed by atoms with Crippen molar-refractivity contribution in [2.24, 2.45) is 0 Å². The van der Waals surface area contributed by atoms with Crippen LogP contribution >= 0.6 is 0 Å². The molecule has 4 nitrogen and oxygen atoms in total. The normalized spacial score (nSPS) is 11.8. The number of carbonyl (C=O) groups excluding carboxylic acids is 1. The van der Waals surface area contributed by atoms with Crippen LogP contribution in [0.2, 0.25) is 0 Å². The van der Waals surface area contributed by atoms with Crippen LogP contribution in [0.5, 0.6) is 5.75 Å². The smallest absolute Gasteiger partial charge is 0.344 e. The first-order valence-corrected chi connectivity index (χ1v) is 3.94. The Hall–Kier alpha value is -1.81. The van der Waals surface area contributed by atoms with E-state index in [9.17, 15) is 9.90 Å². The molecule has 0 heterocycles. The van der Waals surface area contributed by atoms with E-state index < -0.39 is 12.3 Å². The molecule has 74 valence electrons. The maximum absolute atomic E-state index is 11.2. The molecule has 1 aromatic rings. The molecular formula is C10H10O4. The molecule has 2 N–H and O–H groups in total. The van der Waals surface area contributed by atoms with Crippen molar-refractivity contribution in [2.75, 3.05) is 0 Å². The van der Waals surface area contributed by atoms with Gasteiger partial charge < -0.3 is 14.9 Å².